The molecule has 0 radical (unpaired) electrons. The first-order valence-electron chi connectivity index (χ1n) is 5.94. The van der Waals surface area contributed by atoms with Crippen LogP contribution in [-0.2, 0) is 0 Å². The average Bonchev–Trinajstić information content (AvgIpc) is 2.52. The largest absolute Gasteiger partial charge is 0.506 e. The second-order valence-corrected chi connectivity index (χ2v) is 6.45. The molecule has 2 aromatic rings. The van der Waals surface area contributed by atoms with Crippen molar-refractivity contribution in [3.05, 3.63) is 63.3 Å². The molecule has 0 spiro atoms. The van der Waals surface area contributed by atoms with Crippen LogP contribution in [-0.4, -0.2) is 15.0 Å². The minimum absolute atomic E-state index is 0.255. The van der Waals surface area contributed by atoms with Crippen LogP contribution in [0.15, 0.2) is 30.3 Å². The molecule has 0 atom stereocenters. The van der Waals surface area contributed by atoms with Crippen molar-refractivity contribution in [2.45, 2.75) is 0 Å². The zero-order chi connectivity index (χ0) is 18.4. The molecule has 0 bridgehead atoms. The molecular formula is C13H8I2N4O5. The Morgan fingerprint density at radius 1 is 1.08 bits per heavy atom. The molecule has 2 aromatic carbocycles. The number of nitrogens with zero attached hydrogens (tertiary/aromatic N) is 3. The number of benzene rings is 2. The Hall–Kier alpha value is -2.21. The maximum Gasteiger partial charge on any atom is 0.299 e. The van der Waals surface area contributed by atoms with Crippen molar-refractivity contribution < 1.29 is 15.0 Å². The lowest BCUT2D eigenvalue weighted by atomic mass is 10.2. The van der Waals surface area contributed by atoms with Crippen LogP contribution in [0, 0.1) is 38.7 Å². The smallest absolute Gasteiger partial charge is 0.299 e. The maximum atomic E-state index is 10.3. The summed E-state index contributed by atoms with van der Waals surface area (Å²) < 4.78 is 1.43. The van der Waals surface area contributed by atoms with Crippen LogP contribution in [0.1, 0.15) is 5.56 Å². The second kappa shape index (κ2) is 8.59. The molecule has 9 nitrogen and oxygen atoms in total. The Balaban J connectivity index is 0.000000243. The van der Waals surface area contributed by atoms with E-state index in [2.05, 4.69) is 0 Å². The number of para-hydroxylation sites is 1. The first kappa shape index (κ1) is 19.8. The molecule has 0 unspecified atom stereocenters. The summed E-state index contributed by atoms with van der Waals surface area (Å²) >= 11 is 3.99. The van der Waals surface area contributed by atoms with E-state index in [4.69, 9.17) is 11.0 Å². The predicted molar refractivity (Wildman–Crippen MR) is 102 cm³/mol. The van der Waals surface area contributed by atoms with Crippen LogP contribution >= 0.6 is 45.2 Å². The summed E-state index contributed by atoms with van der Waals surface area (Å²) in [5.74, 6) is 0.255. The highest BCUT2D eigenvalue weighted by atomic mass is 127. The van der Waals surface area contributed by atoms with Gasteiger partial charge in [0.1, 0.15) is 5.75 Å². The number of halogens is 2. The van der Waals surface area contributed by atoms with Crippen molar-refractivity contribution in [1.29, 1.82) is 5.26 Å². The van der Waals surface area contributed by atoms with Gasteiger partial charge in [0.2, 0.25) is 0 Å². The highest BCUT2D eigenvalue weighted by Gasteiger charge is 2.21. The Kier molecular flexibility index (Phi) is 7.10. The van der Waals surface area contributed by atoms with Gasteiger partial charge in [0.05, 0.1) is 28.6 Å². The fraction of sp³-hybridized carbons (Fsp3) is 0. The topological polar surface area (TPSA) is 156 Å². The minimum atomic E-state index is -0.762. The second-order valence-electron chi connectivity index (χ2n) is 4.12. The fourth-order valence-corrected chi connectivity index (χ4v) is 3.26. The molecule has 0 aliphatic rings. The van der Waals surface area contributed by atoms with Gasteiger partial charge < -0.3 is 10.8 Å². The van der Waals surface area contributed by atoms with E-state index in [-0.39, 0.29) is 5.75 Å². The van der Waals surface area contributed by atoms with Gasteiger partial charge >= 0.3 is 0 Å². The van der Waals surface area contributed by atoms with Gasteiger partial charge in [0.15, 0.2) is 5.69 Å². The van der Waals surface area contributed by atoms with E-state index in [1.165, 1.54) is 6.07 Å². The third-order valence-corrected chi connectivity index (χ3v) is 4.24. The number of anilines is 1. The van der Waals surface area contributed by atoms with E-state index in [1.54, 1.807) is 12.1 Å². The van der Waals surface area contributed by atoms with Crippen LogP contribution in [0.5, 0.6) is 5.75 Å². The van der Waals surface area contributed by atoms with Crippen LogP contribution in [0.4, 0.5) is 17.1 Å². The normalized spacial score (nSPS) is 9.38. The lowest BCUT2D eigenvalue weighted by Crippen LogP contribution is -2.00. The Morgan fingerprint density at radius 3 is 1.83 bits per heavy atom. The van der Waals surface area contributed by atoms with Gasteiger partial charge in [-0.15, -0.1) is 0 Å². The summed E-state index contributed by atoms with van der Waals surface area (Å²) in [7, 11) is 0. The molecule has 124 valence electrons. The van der Waals surface area contributed by atoms with E-state index in [9.17, 15) is 25.3 Å². The third kappa shape index (κ3) is 4.89. The number of nitro groups is 2. The highest BCUT2D eigenvalue weighted by molar-refractivity contribution is 14.1. The first-order chi connectivity index (χ1) is 11.2. The van der Waals surface area contributed by atoms with Crippen molar-refractivity contribution in [2.75, 3.05) is 5.73 Å². The van der Waals surface area contributed by atoms with Crippen LogP contribution in [0.25, 0.3) is 0 Å². The number of hydrogen-bond acceptors (Lipinski definition) is 7. The predicted octanol–water partition coefficient (Wildman–Crippen LogP) is 3.56. The van der Waals surface area contributed by atoms with Crippen LogP contribution < -0.4 is 5.73 Å². The molecule has 3 N–H and O–H groups in total. The number of nitrogens with two attached hydrogens (primary N) is 1. The zero-order valence-corrected chi connectivity index (χ0v) is 16.0. The van der Waals surface area contributed by atoms with Gasteiger partial charge in [-0.05, 0) is 63.4 Å². The maximum absolute atomic E-state index is 10.3. The molecule has 0 aliphatic carbocycles. The third-order valence-electron chi connectivity index (χ3n) is 2.60. The molecule has 0 fully saturated rings. The van der Waals surface area contributed by atoms with Crippen LogP contribution in [0.2, 0.25) is 0 Å². The Morgan fingerprint density at radius 2 is 1.50 bits per heavy atom. The molecule has 0 heterocycles. The van der Waals surface area contributed by atoms with Crippen molar-refractivity contribution in [2.24, 2.45) is 0 Å². The molecule has 0 aliphatic heterocycles. The molecule has 0 aromatic heterocycles. The number of hydrogen-bond donors (Lipinski definition) is 2. The van der Waals surface area contributed by atoms with Gasteiger partial charge in [-0.3, -0.25) is 20.2 Å². The number of nitrogen functional groups attached to an aromatic ring is 1. The van der Waals surface area contributed by atoms with Crippen molar-refractivity contribution in [1.82, 2.24) is 0 Å². The molecule has 11 heteroatoms. The molecular weight excluding hydrogens is 546 g/mol. The molecule has 0 saturated carbocycles. The standard InChI is InChI=1S/C7H3I2NO.C6H5N3O4/c8-5-1-4(3-10)2-6(9)7(5)11;7-6-4(8(10)11)2-1-3-5(6)9(12)13/h1-2,11H;1-3H,7H2. The molecule has 0 saturated heterocycles. The minimum Gasteiger partial charge on any atom is -0.506 e. The molecule has 0 amide bonds. The van der Waals surface area contributed by atoms with Gasteiger partial charge in [0, 0.05) is 12.1 Å². The quantitative estimate of drug-likeness (QED) is 0.249. The number of rotatable bonds is 2. The average molecular weight is 554 g/mol. The Labute approximate surface area is 162 Å². The van der Waals surface area contributed by atoms with E-state index in [1.807, 2.05) is 51.3 Å². The van der Waals surface area contributed by atoms with Gasteiger partial charge in [0.25, 0.3) is 11.4 Å². The lowest BCUT2D eigenvalue weighted by molar-refractivity contribution is -0.392. The number of nitriles is 1. The van der Waals surface area contributed by atoms with E-state index in [0.29, 0.717) is 12.7 Å². The van der Waals surface area contributed by atoms with Crippen molar-refractivity contribution >= 4 is 62.2 Å². The zero-order valence-electron chi connectivity index (χ0n) is 11.6. The van der Waals surface area contributed by atoms with E-state index < -0.39 is 26.9 Å². The summed E-state index contributed by atoms with van der Waals surface area (Å²) in [4.78, 5) is 19.1. The number of nitro benzene ring substituents is 2. The number of phenolic OH excluding ortho intramolecular Hbond substituents is 1. The Bertz CT molecular complexity index is 795. The molecule has 24 heavy (non-hydrogen) atoms. The van der Waals surface area contributed by atoms with Gasteiger partial charge in [-0.2, -0.15) is 5.26 Å². The monoisotopic (exact) mass is 554 g/mol. The van der Waals surface area contributed by atoms with E-state index >= 15 is 0 Å². The van der Waals surface area contributed by atoms with Crippen LogP contribution in [0.3, 0.4) is 0 Å². The van der Waals surface area contributed by atoms with Gasteiger partial charge in [-0.25, -0.2) is 0 Å². The number of aromatic hydroxyl groups is 1. The summed E-state index contributed by atoms with van der Waals surface area (Å²) in [5, 5.41) is 38.4. The highest BCUT2D eigenvalue weighted by Crippen LogP contribution is 2.30. The summed E-state index contributed by atoms with van der Waals surface area (Å²) in [6, 6.07) is 8.76. The molecule has 2 rings (SSSR count). The van der Waals surface area contributed by atoms with E-state index in [0.717, 1.165) is 12.1 Å². The SMILES string of the molecule is N#Cc1cc(I)c(O)c(I)c1.Nc1c([N+](=O)[O-])cccc1[N+](=O)[O-]. The number of phenols is 1. The van der Waals surface area contributed by atoms with Crippen molar-refractivity contribution in [3.8, 4) is 11.8 Å². The fourth-order valence-electron chi connectivity index (χ4n) is 1.49. The van der Waals surface area contributed by atoms with Gasteiger partial charge in [-0.1, -0.05) is 0 Å². The summed E-state index contributed by atoms with van der Waals surface area (Å²) in [6.07, 6.45) is 0. The lowest BCUT2D eigenvalue weighted by Gasteiger charge is -1.99. The summed E-state index contributed by atoms with van der Waals surface area (Å²) in [6.45, 7) is 0. The first-order valence-corrected chi connectivity index (χ1v) is 8.10. The van der Waals surface area contributed by atoms with Crippen molar-refractivity contribution in [3.63, 3.8) is 0 Å². The summed E-state index contributed by atoms with van der Waals surface area (Å²) in [5.41, 5.74) is 4.46.